The second kappa shape index (κ2) is 6.29. The van der Waals surface area contributed by atoms with Crippen LogP contribution in [0.15, 0.2) is 54.6 Å². The molecule has 0 aliphatic rings. The Balaban J connectivity index is 2.11. The van der Waals surface area contributed by atoms with E-state index in [0.29, 0.717) is 19.7 Å². The summed E-state index contributed by atoms with van der Waals surface area (Å²) in [6.07, 6.45) is 2.77. The van der Waals surface area contributed by atoms with E-state index in [-0.39, 0.29) is 22.4 Å². The van der Waals surface area contributed by atoms with Gasteiger partial charge in [-0.3, -0.25) is 4.79 Å². The zero-order chi connectivity index (χ0) is 17.3. The third-order valence-electron chi connectivity index (χ3n) is 3.72. The molecule has 3 rings (SSSR count). The number of rotatable bonds is 3. The first-order valence-corrected chi connectivity index (χ1v) is 7.60. The molecule has 0 amide bonds. The molecule has 0 aliphatic heterocycles. The van der Waals surface area contributed by atoms with Crippen molar-refractivity contribution in [2.75, 3.05) is 0 Å². The fraction of sp³-hybridized carbons (Fsp3) is 0.0556. The Morgan fingerprint density at radius 1 is 1.17 bits per heavy atom. The quantitative estimate of drug-likeness (QED) is 0.414. The summed E-state index contributed by atoms with van der Waals surface area (Å²) in [5.74, 6) is -0.558. The number of benzene rings is 2. The van der Waals surface area contributed by atoms with Crippen LogP contribution in [0.25, 0.3) is 17.1 Å². The number of hydrogen-bond acceptors (Lipinski definition) is 3. The molecule has 0 fully saturated rings. The zero-order valence-electron chi connectivity index (χ0n) is 12.8. The lowest BCUT2D eigenvalue weighted by Crippen LogP contribution is -2.29. The number of ketones is 1. The van der Waals surface area contributed by atoms with E-state index in [1.54, 1.807) is 36.4 Å². The molecule has 2 aromatic carbocycles. The number of aromatic nitrogens is 2. The summed E-state index contributed by atoms with van der Waals surface area (Å²) in [5, 5.41) is 12.8. The van der Waals surface area contributed by atoms with Crippen LogP contribution in [0.4, 0.5) is 0 Å². The molecule has 6 heteroatoms. The summed E-state index contributed by atoms with van der Waals surface area (Å²) in [6.45, 7) is 1.45. The Bertz CT molecular complexity index is 1040. The van der Waals surface area contributed by atoms with Crippen LogP contribution in [0.3, 0.4) is 0 Å². The van der Waals surface area contributed by atoms with Crippen molar-refractivity contribution in [3.63, 3.8) is 0 Å². The molecule has 0 spiro atoms. The number of fused-ring (bicyclic) bond motifs is 1. The van der Waals surface area contributed by atoms with Gasteiger partial charge in [-0.2, -0.15) is 0 Å². The molecule has 120 valence electrons. The highest BCUT2D eigenvalue weighted by Gasteiger charge is 2.24. The van der Waals surface area contributed by atoms with Crippen molar-refractivity contribution < 1.29 is 9.22 Å². The molecule has 0 bridgehead atoms. The standard InChI is InChI=1S/C18H13ClN2O3/c1-12-18(17(22)11-10-13-6-2-3-7-14(13)19)21(24)16-9-5-4-8-15(16)20(12)23/h2-11H,1H3/b11-10+. The molecule has 0 saturated heterocycles. The first-order valence-electron chi connectivity index (χ1n) is 7.22. The summed E-state index contributed by atoms with van der Waals surface area (Å²) in [5.41, 5.74) is 0.868. The van der Waals surface area contributed by atoms with Crippen LogP contribution in [0.2, 0.25) is 5.02 Å². The molecule has 3 aromatic rings. The van der Waals surface area contributed by atoms with Gasteiger partial charge in [0.25, 0.3) is 11.3 Å². The predicted octanol–water partition coefficient (Wildman–Crippen LogP) is 3.76. The monoisotopic (exact) mass is 340 g/mol. The van der Waals surface area contributed by atoms with Crippen LogP contribution in [-0.4, -0.2) is 10.5 Å². The summed E-state index contributed by atoms with van der Waals surface area (Å²) in [6, 6.07) is 13.4. The Morgan fingerprint density at radius 3 is 2.58 bits per heavy atom. The molecule has 0 unspecified atom stereocenters. The molecular formula is C18H13ClN2O3. The second-order valence-electron chi connectivity index (χ2n) is 5.23. The SMILES string of the molecule is Cc1c(C(=O)/C=C/c2ccccc2Cl)[n+](=O)c2ccccc2n1[O-]. The van der Waals surface area contributed by atoms with Crippen molar-refractivity contribution in [2.45, 2.75) is 6.92 Å². The predicted molar refractivity (Wildman–Crippen MR) is 93.6 cm³/mol. The Labute approximate surface area is 142 Å². The van der Waals surface area contributed by atoms with Gasteiger partial charge in [-0.25, -0.2) is 0 Å². The van der Waals surface area contributed by atoms with Gasteiger partial charge in [0.2, 0.25) is 0 Å². The minimum Gasteiger partial charge on any atom is -0.805 e. The third-order valence-corrected chi connectivity index (χ3v) is 4.07. The maximum atomic E-state index is 12.5. The molecular weight excluding hydrogens is 328 g/mol. The lowest BCUT2D eigenvalue weighted by atomic mass is 10.1. The minimum atomic E-state index is -0.558. The summed E-state index contributed by atoms with van der Waals surface area (Å²) >= 11 is 6.04. The summed E-state index contributed by atoms with van der Waals surface area (Å²) in [7, 11) is 0. The molecule has 0 aliphatic carbocycles. The number of hydrogen-bond donors (Lipinski definition) is 0. The molecule has 1 aromatic heterocycles. The number of carbonyl (C=O) groups excluding carboxylic acids is 1. The highest BCUT2D eigenvalue weighted by Crippen LogP contribution is 2.18. The van der Waals surface area contributed by atoms with Crippen molar-refractivity contribution in [1.82, 2.24) is 4.73 Å². The van der Waals surface area contributed by atoms with Crippen molar-refractivity contribution in [2.24, 2.45) is 0 Å². The van der Waals surface area contributed by atoms with E-state index in [4.69, 9.17) is 11.6 Å². The van der Waals surface area contributed by atoms with Gasteiger partial charge in [-0.05, 0) is 36.8 Å². The van der Waals surface area contributed by atoms with Crippen molar-refractivity contribution >= 4 is 34.5 Å². The van der Waals surface area contributed by atoms with Crippen LogP contribution < -0.4 is 4.43 Å². The van der Waals surface area contributed by atoms with Crippen molar-refractivity contribution in [3.8, 4) is 0 Å². The van der Waals surface area contributed by atoms with E-state index in [0.717, 1.165) is 0 Å². The van der Waals surface area contributed by atoms with Crippen LogP contribution in [0.1, 0.15) is 21.7 Å². The Hall–Kier alpha value is -2.92. The molecule has 1 heterocycles. The third kappa shape index (κ3) is 2.70. The normalized spacial score (nSPS) is 11.2. The maximum Gasteiger partial charge on any atom is 0.329 e. The van der Waals surface area contributed by atoms with Crippen LogP contribution in [0, 0.1) is 17.0 Å². The van der Waals surface area contributed by atoms with Gasteiger partial charge in [0.15, 0.2) is 0 Å². The van der Waals surface area contributed by atoms with Gasteiger partial charge in [-0.1, -0.05) is 41.9 Å². The first-order chi connectivity index (χ1) is 11.5. The molecule has 0 radical (unpaired) electrons. The van der Waals surface area contributed by atoms with E-state index < -0.39 is 5.78 Å². The highest BCUT2D eigenvalue weighted by molar-refractivity contribution is 6.32. The number of halogens is 1. The van der Waals surface area contributed by atoms with Gasteiger partial charge in [0.05, 0.1) is 10.1 Å². The fourth-order valence-electron chi connectivity index (χ4n) is 2.48. The van der Waals surface area contributed by atoms with Crippen LogP contribution >= 0.6 is 11.6 Å². The zero-order valence-corrected chi connectivity index (χ0v) is 13.5. The summed E-state index contributed by atoms with van der Waals surface area (Å²) in [4.78, 5) is 25.0. The number of nitrogens with zero attached hydrogens (tertiary/aromatic N) is 2. The van der Waals surface area contributed by atoms with Crippen molar-refractivity contribution in [1.29, 1.82) is 0 Å². The molecule has 24 heavy (non-hydrogen) atoms. The fourth-order valence-corrected chi connectivity index (χ4v) is 2.68. The second-order valence-corrected chi connectivity index (χ2v) is 5.64. The van der Waals surface area contributed by atoms with Gasteiger partial charge >= 0.3 is 5.69 Å². The summed E-state index contributed by atoms with van der Waals surface area (Å²) < 4.78 is 1.10. The lowest BCUT2D eigenvalue weighted by Gasteiger charge is -2.15. The van der Waals surface area contributed by atoms with Crippen LogP contribution in [0.5, 0.6) is 0 Å². The van der Waals surface area contributed by atoms with Crippen LogP contribution in [-0.2, 0) is 0 Å². The van der Waals surface area contributed by atoms with E-state index >= 15 is 0 Å². The highest BCUT2D eigenvalue weighted by atomic mass is 35.5. The topological polar surface area (TPSA) is 68.0 Å². The molecule has 0 atom stereocenters. The largest absolute Gasteiger partial charge is 0.805 e. The lowest BCUT2D eigenvalue weighted by molar-refractivity contribution is -0.468. The van der Waals surface area contributed by atoms with Gasteiger partial charge in [0.1, 0.15) is 5.52 Å². The Morgan fingerprint density at radius 2 is 1.83 bits per heavy atom. The average Bonchev–Trinajstić information content (AvgIpc) is 2.59. The number of para-hydroxylation sites is 2. The average molecular weight is 341 g/mol. The first kappa shape index (κ1) is 16.0. The molecule has 5 nitrogen and oxygen atoms in total. The van der Waals surface area contributed by atoms with E-state index in [1.165, 1.54) is 31.2 Å². The molecule has 0 saturated carbocycles. The minimum absolute atomic E-state index is 0.0532. The Kier molecular flexibility index (Phi) is 4.18. The van der Waals surface area contributed by atoms with E-state index in [9.17, 15) is 14.9 Å². The van der Waals surface area contributed by atoms with Gasteiger partial charge in [0, 0.05) is 16.0 Å². The van der Waals surface area contributed by atoms with E-state index in [1.807, 2.05) is 0 Å². The van der Waals surface area contributed by atoms with E-state index in [2.05, 4.69) is 0 Å². The number of allylic oxidation sites excluding steroid dienone is 1. The van der Waals surface area contributed by atoms with Gasteiger partial charge in [-0.15, -0.1) is 0 Å². The number of carbonyl (C=O) groups is 1. The maximum absolute atomic E-state index is 12.5. The smallest absolute Gasteiger partial charge is 0.329 e. The van der Waals surface area contributed by atoms with Gasteiger partial charge < -0.3 is 9.94 Å². The van der Waals surface area contributed by atoms with Crippen molar-refractivity contribution in [3.05, 3.63) is 86.7 Å². The molecule has 0 N–H and O–H groups in total.